The zero-order chi connectivity index (χ0) is 21.4. The lowest BCUT2D eigenvalue weighted by Gasteiger charge is -2.45. The maximum absolute atomic E-state index is 13.5. The molecule has 1 unspecified atom stereocenters. The molecule has 0 bridgehead atoms. The number of nitrogens with zero attached hydrogens (tertiary/aromatic N) is 3. The molecule has 2 aliphatic rings. The van der Waals surface area contributed by atoms with Gasteiger partial charge in [0.1, 0.15) is 5.54 Å². The fourth-order valence-corrected chi connectivity index (χ4v) is 5.33. The molecule has 1 atom stereocenters. The van der Waals surface area contributed by atoms with E-state index in [4.69, 9.17) is 5.10 Å². The predicted octanol–water partition coefficient (Wildman–Crippen LogP) is 4.09. The summed E-state index contributed by atoms with van der Waals surface area (Å²) < 4.78 is 2.03. The largest absolute Gasteiger partial charge is 0.350 e. The van der Waals surface area contributed by atoms with Gasteiger partial charge in [0.25, 0.3) is 0 Å². The third-order valence-electron chi connectivity index (χ3n) is 7.13. The van der Waals surface area contributed by atoms with E-state index in [1.165, 1.54) is 16.7 Å². The molecule has 0 radical (unpaired) electrons. The molecule has 3 aromatic rings. The van der Waals surface area contributed by atoms with Gasteiger partial charge in [-0.2, -0.15) is 5.10 Å². The topological polar surface area (TPSA) is 50.2 Å². The molecule has 0 aliphatic carbocycles. The Labute approximate surface area is 184 Å². The first kappa shape index (κ1) is 20.0. The maximum Gasteiger partial charge on any atom is 0.241 e. The monoisotopic (exact) mass is 414 g/mol. The van der Waals surface area contributed by atoms with Gasteiger partial charge in [-0.05, 0) is 62.9 Å². The fraction of sp³-hybridized carbons (Fsp3) is 0.385. The highest BCUT2D eigenvalue weighted by Gasteiger charge is 2.47. The number of aryl methyl sites for hydroxylation is 1. The summed E-state index contributed by atoms with van der Waals surface area (Å²) in [6.07, 6.45) is 3.90. The minimum absolute atomic E-state index is 0.175. The van der Waals surface area contributed by atoms with Gasteiger partial charge >= 0.3 is 0 Å². The Hall–Kier alpha value is -2.92. The molecule has 1 fully saturated rings. The number of carbonyl (C=O) groups excluding carboxylic acids is 1. The number of piperidine rings is 1. The Morgan fingerprint density at radius 1 is 1.00 bits per heavy atom. The van der Waals surface area contributed by atoms with Crippen LogP contribution < -0.4 is 5.32 Å². The second-order valence-corrected chi connectivity index (χ2v) is 8.94. The number of fused-ring (bicyclic) bond motifs is 1. The first-order valence-corrected chi connectivity index (χ1v) is 11.3. The molecule has 0 saturated carbocycles. The zero-order valence-electron chi connectivity index (χ0n) is 18.4. The van der Waals surface area contributed by atoms with Gasteiger partial charge in [0.15, 0.2) is 0 Å². The fourth-order valence-electron chi connectivity index (χ4n) is 5.33. The van der Waals surface area contributed by atoms with Crippen LogP contribution in [-0.2, 0) is 24.3 Å². The van der Waals surface area contributed by atoms with Crippen molar-refractivity contribution in [2.75, 3.05) is 6.54 Å². The summed E-state index contributed by atoms with van der Waals surface area (Å²) in [6.45, 7) is 6.53. The van der Waals surface area contributed by atoms with Crippen molar-refractivity contribution in [1.29, 1.82) is 0 Å². The van der Waals surface area contributed by atoms with E-state index in [2.05, 4.69) is 60.5 Å². The quantitative estimate of drug-likeness (QED) is 0.702. The highest BCUT2D eigenvalue weighted by molar-refractivity contribution is 5.87. The number of hydrogen-bond acceptors (Lipinski definition) is 3. The minimum Gasteiger partial charge on any atom is -0.350 e. The molecule has 31 heavy (non-hydrogen) atoms. The molecule has 1 spiro atoms. The number of benzene rings is 2. The first-order chi connectivity index (χ1) is 15.1. The molecule has 5 heteroatoms. The number of nitrogens with one attached hydrogen (secondary N) is 1. The average Bonchev–Trinajstić information content (AvgIpc) is 2.99. The van der Waals surface area contributed by atoms with Crippen molar-refractivity contribution in [1.82, 2.24) is 20.0 Å². The summed E-state index contributed by atoms with van der Waals surface area (Å²) in [7, 11) is 0. The number of hydrogen-bond donors (Lipinski definition) is 1. The Morgan fingerprint density at radius 3 is 2.55 bits per heavy atom. The van der Waals surface area contributed by atoms with Crippen LogP contribution >= 0.6 is 0 Å². The van der Waals surface area contributed by atoms with Crippen LogP contribution in [0.25, 0.3) is 5.69 Å². The van der Waals surface area contributed by atoms with Gasteiger partial charge in [0, 0.05) is 30.8 Å². The number of para-hydroxylation sites is 1. The third kappa shape index (κ3) is 3.47. The van der Waals surface area contributed by atoms with Crippen LogP contribution in [0.4, 0.5) is 0 Å². The van der Waals surface area contributed by atoms with E-state index < -0.39 is 5.54 Å². The molecule has 1 aromatic heterocycles. The molecule has 160 valence electrons. The molecule has 5 nitrogen and oxygen atoms in total. The summed E-state index contributed by atoms with van der Waals surface area (Å²) in [5.41, 5.74) is 6.54. The highest BCUT2D eigenvalue weighted by atomic mass is 16.2. The van der Waals surface area contributed by atoms with Crippen molar-refractivity contribution in [3.8, 4) is 5.69 Å². The van der Waals surface area contributed by atoms with Crippen LogP contribution in [0, 0.1) is 13.8 Å². The van der Waals surface area contributed by atoms with Crippen molar-refractivity contribution in [3.05, 3.63) is 82.7 Å². The van der Waals surface area contributed by atoms with E-state index in [0.717, 1.165) is 55.8 Å². The number of rotatable bonds is 3. The number of amides is 1. The van der Waals surface area contributed by atoms with Crippen molar-refractivity contribution in [3.63, 3.8) is 0 Å². The summed E-state index contributed by atoms with van der Waals surface area (Å²) in [4.78, 5) is 15.9. The van der Waals surface area contributed by atoms with E-state index >= 15 is 0 Å². The lowest BCUT2D eigenvalue weighted by atomic mass is 9.80. The number of carbonyl (C=O) groups is 1. The van der Waals surface area contributed by atoms with E-state index in [1.807, 2.05) is 22.9 Å². The first-order valence-electron chi connectivity index (χ1n) is 11.3. The van der Waals surface area contributed by atoms with Crippen LogP contribution in [0.1, 0.15) is 47.3 Å². The standard InChI is InChI=1S/C26H30N4O/c1-19-24(20(2)30(28-19)23-12-4-3-5-13-23)18-29-15-9-8-14-26(29)16-21-10-6-7-11-22(21)17-27-25(26)31/h3-7,10-13H,8-9,14-18H2,1-2H3,(H,27,31). The molecule has 1 amide bonds. The van der Waals surface area contributed by atoms with Gasteiger partial charge in [-0.1, -0.05) is 42.5 Å². The lowest BCUT2D eigenvalue weighted by Crippen LogP contribution is -2.61. The minimum atomic E-state index is -0.488. The molecule has 2 aromatic carbocycles. The van der Waals surface area contributed by atoms with Crippen LogP contribution in [0.3, 0.4) is 0 Å². The van der Waals surface area contributed by atoms with Gasteiger partial charge < -0.3 is 5.32 Å². The number of aromatic nitrogens is 2. The van der Waals surface area contributed by atoms with Crippen molar-refractivity contribution in [2.45, 2.75) is 58.2 Å². The summed E-state index contributed by atoms with van der Waals surface area (Å²) >= 11 is 0. The highest BCUT2D eigenvalue weighted by Crippen LogP contribution is 2.36. The average molecular weight is 415 g/mol. The second-order valence-electron chi connectivity index (χ2n) is 8.94. The molecular weight excluding hydrogens is 384 g/mol. The summed E-state index contributed by atoms with van der Waals surface area (Å²) in [6, 6.07) is 18.8. The van der Waals surface area contributed by atoms with Crippen LogP contribution in [0.15, 0.2) is 54.6 Å². The SMILES string of the molecule is Cc1nn(-c2ccccc2)c(C)c1CN1CCCCC12Cc1ccccc1CNC2=O. The van der Waals surface area contributed by atoms with Crippen LogP contribution in [-0.4, -0.2) is 32.7 Å². The molecule has 5 rings (SSSR count). The molecular formula is C26H30N4O. The molecule has 1 saturated heterocycles. The zero-order valence-corrected chi connectivity index (χ0v) is 18.4. The normalized spacial score (nSPS) is 21.5. The third-order valence-corrected chi connectivity index (χ3v) is 7.13. The predicted molar refractivity (Wildman–Crippen MR) is 122 cm³/mol. The Bertz CT molecular complexity index is 1100. The van der Waals surface area contributed by atoms with Gasteiger partial charge in [0.05, 0.1) is 11.4 Å². The van der Waals surface area contributed by atoms with Crippen LogP contribution in [0.5, 0.6) is 0 Å². The second kappa shape index (κ2) is 7.97. The summed E-state index contributed by atoms with van der Waals surface area (Å²) in [5, 5.41) is 8.08. The van der Waals surface area contributed by atoms with Gasteiger partial charge in [-0.3, -0.25) is 9.69 Å². The van der Waals surface area contributed by atoms with Gasteiger partial charge in [-0.15, -0.1) is 0 Å². The summed E-state index contributed by atoms with van der Waals surface area (Å²) in [5.74, 6) is 0.175. The maximum atomic E-state index is 13.5. The smallest absolute Gasteiger partial charge is 0.241 e. The van der Waals surface area contributed by atoms with E-state index in [0.29, 0.717) is 6.54 Å². The van der Waals surface area contributed by atoms with E-state index in [-0.39, 0.29) is 5.91 Å². The van der Waals surface area contributed by atoms with Crippen molar-refractivity contribution < 1.29 is 4.79 Å². The lowest BCUT2D eigenvalue weighted by molar-refractivity contribution is -0.136. The van der Waals surface area contributed by atoms with Crippen molar-refractivity contribution in [2.24, 2.45) is 0 Å². The number of likely N-dealkylation sites (tertiary alicyclic amines) is 1. The van der Waals surface area contributed by atoms with Crippen molar-refractivity contribution >= 4 is 5.91 Å². The van der Waals surface area contributed by atoms with Gasteiger partial charge in [0.2, 0.25) is 5.91 Å². The molecule has 3 heterocycles. The Morgan fingerprint density at radius 2 is 1.74 bits per heavy atom. The van der Waals surface area contributed by atoms with E-state index in [9.17, 15) is 4.79 Å². The van der Waals surface area contributed by atoms with E-state index in [1.54, 1.807) is 0 Å². The van der Waals surface area contributed by atoms with Crippen LogP contribution in [0.2, 0.25) is 0 Å². The van der Waals surface area contributed by atoms with Gasteiger partial charge in [-0.25, -0.2) is 4.68 Å². The Kier molecular flexibility index (Phi) is 5.14. The Balaban J connectivity index is 1.51. The molecule has 2 aliphatic heterocycles. The molecule has 1 N–H and O–H groups in total.